The van der Waals surface area contributed by atoms with Crippen LogP contribution in [-0.2, 0) is 9.53 Å². The van der Waals surface area contributed by atoms with Crippen molar-refractivity contribution < 1.29 is 9.53 Å². The summed E-state index contributed by atoms with van der Waals surface area (Å²) in [5, 5.41) is 0. The Balaban J connectivity index is 2.69. The van der Waals surface area contributed by atoms with Crippen LogP contribution in [0.25, 0.3) is 0 Å². The van der Waals surface area contributed by atoms with Gasteiger partial charge in [-0.3, -0.25) is 4.79 Å². The summed E-state index contributed by atoms with van der Waals surface area (Å²) in [5.74, 6) is 0.0346. The SMILES string of the molecule is CCOC(=O)CC(C)CC(N)c1cc(Br)c(C)cc1Br. The van der Waals surface area contributed by atoms with Crippen LogP contribution in [0.5, 0.6) is 0 Å². The highest BCUT2D eigenvalue weighted by atomic mass is 79.9. The highest BCUT2D eigenvalue weighted by Crippen LogP contribution is 2.31. The fourth-order valence-corrected chi connectivity index (χ4v) is 3.21. The molecule has 20 heavy (non-hydrogen) atoms. The van der Waals surface area contributed by atoms with E-state index in [9.17, 15) is 4.79 Å². The number of esters is 1. The van der Waals surface area contributed by atoms with Gasteiger partial charge in [-0.05, 0) is 49.4 Å². The number of aryl methyl sites for hydroxylation is 1. The lowest BCUT2D eigenvalue weighted by molar-refractivity contribution is -0.144. The number of hydrogen-bond acceptors (Lipinski definition) is 3. The van der Waals surface area contributed by atoms with Gasteiger partial charge in [0, 0.05) is 21.4 Å². The van der Waals surface area contributed by atoms with Gasteiger partial charge in [-0.15, -0.1) is 0 Å². The Bertz CT molecular complexity index is 477. The van der Waals surface area contributed by atoms with Gasteiger partial charge in [-0.2, -0.15) is 0 Å². The Morgan fingerprint density at radius 2 is 2.00 bits per heavy atom. The van der Waals surface area contributed by atoms with Crippen LogP contribution in [0.4, 0.5) is 0 Å². The van der Waals surface area contributed by atoms with Gasteiger partial charge in [0.15, 0.2) is 0 Å². The molecule has 5 heteroatoms. The number of halogens is 2. The van der Waals surface area contributed by atoms with Crippen molar-refractivity contribution in [2.75, 3.05) is 6.61 Å². The first-order valence-corrected chi connectivity index (χ1v) is 8.30. The van der Waals surface area contributed by atoms with E-state index in [1.54, 1.807) is 0 Å². The lowest BCUT2D eigenvalue weighted by atomic mass is 9.94. The minimum absolute atomic E-state index is 0.106. The van der Waals surface area contributed by atoms with Crippen LogP contribution in [0.2, 0.25) is 0 Å². The Kier molecular flexibility index (Phi) is 7.20. The quantitative estimate of drug-likeness (QED) is 0.707. The maximum absolute atomic E-state index is 11.5. The molecular weight excluding hydrogens is 386 g/mol. The maximum Gasteiger partial charge on any atom is 0.306 e. The number of carbonyl (C=O) groups is 1. The molecule has 0 aliphatic heterocycles. The predicted octanol–water partition coefficient (Wildman–Crippen LogP) is 4.50. The van der Waals surface area contributed by atoms with Crippen LogP contribution in [0.1, 0.15) is 43.9 Å². The van der Waals surface area contributed by atoms with Gasteiger partial charge in [0.2, 0.25) is 0 Å². The van der Waals surface area contributed by atoms with Crippen molar-refractivity contribution in [2.24, 2.45) is 11.7 Å². The third-order valence-electron chi connectivity index (χ3n) is 3.15. The van der Waals surface area contributed by atoms with Crippen LogP contribution in [0, 0.1) is 12.8 Å². The average Bonchev–Trinajstić information content (AvgIpc) is 2.33. The molecular formula is C15H21Br2NO2. The van der Waals surface area contributed by atoms with Crippen molar-refractivity contribution in [1.29, 1.82) is 0 Å². The molecule has 112 valence electrons. The molecule has 0 heterocycles. The van der Waals surface area contributed by atoms with Gasteiger partial charge < -0.3 is 10.5 Å². The number of carbonyl (C=O) groups excluding carboxylic acids is 1. The lowest BCUT2D eigenvalue weighted by Crippen LogP contribution is -2.17. The van der Waals surface area contributed by atoms with Crippen LogP contribution in [0.3, 0.4) is 0 Å². The Morgan fingerprint density at radius 3 is 2.60 bits per heavy atom. The monoisotopic (exact) mass is 405 g/mol. The largest absolute Gasteiger partial charge is 0.466 e. The summed E-state index contributed by atoms with van der Waals surface area (Å²) in [6.45, 7) is 6.30. The van der Waals surface area contributed by atoms with E-state index in [1.807, 2.05) is 26.8 Å². The molecule has 2 unspecified atom stereocenters. The molecule has 0 fully saturated rings. The van der Waals surface area contributed by atoms with E-state index in [1.165, 1.54) is 0 Å². The normalized spacial score (nSPS) is 13.9. The van der Waals surface area contributed by atoms with Crippen molar-refractivity contribution in [3.63, 3.8) is 0 Å². The van der Waals surface area contributed by atoms with E-state index in [-0.39, 0.29) is 17.9 Å². The summed E-state index contributed by atoms with van der Waals surface area (Å²) in [7, 11) is 0. The van der Waals surface area contributed by atoms with E-state index in [0.717, 1.165) is 26.5 Å². The average molecular weight is 407 g/mol. The zero-order valence-electron chi connectivity index (χ0n) is 12.1. The van der Waals surface area contributed by atoms with Crippen molar-refractivity contribution >= 4 is 37.8 Å². The Morgan fingerprint density at radius 1 is 1.35 bits per heavy atom. The van der Waals surface area contributed by atoms with E-state index < -0.39 is 0 Å². The van der Waals surface area contributed by atoms with Crippen LogP contribution < -0.4 is 5.73 Å². The molecule has 0 aliphatic rings. The molecule has 0 saturated heterocycles. The number of benzene rings is 1. The molecule has 0 aliphatic carbocycles. The smallest absolute Gasteiger partial charge is 0.306 e. The van der Waals surface area contributed by atoms with Gasteiger partial charge in [-0.25, -0.2) is 0 Å². The van der Waals surface area contributed by atoms with Crippen LogP contribution in [0.15, 0.2) is 21.1 Å². The standard InChI is InChI=1S/C15H21Br2NO2/c1-4-20-15(19)6-9(2)5-14(18)11-8-12(16)10(3)7-13(11)17/h7-9,14H,4-6,18H2,1-3H3. The summed E-state index contributed by atoms with van der Waals surface area (Å²) < 4.78 is 7.02. The second-order valence-corrected chi connectivity index (χ2v) is 6.79. The minimum Gasteiger partial charge on any atom is -0.466 e. The van der Waals surface area contributed by atoms with E-state index >= 15 is 0 Å². The molecule has 2 atom stereocenters. The van der Waals surface area contributed by atoms with E-state index in [2.05, 4.69) is 37.9 Å². The second-order valence-electron chi connectivity index (χ2n) is 5.08. The van der Waals surface area contributed by atoms with Gasteiger partial charge in [-0.1, -0.05) is 38.8 Å². The molecule has 1 aromatic carbocycles. The first-order chi connectivity index (χ1) is 9.35. The lowest BCUT2D eigenvalue weighted by Gasteiger charge is -2.19. The molecule has 1 aromatic rings. The first-order valence-electron chi connectivity index (χ1n) is 6.71. The third-order valence-corrected chi connectivity index (χ3v) is 4.70. The van der Waals surface area contributed by atoms with Crippen LogP contribution in [-0.4, -0.2) is 12.6 Å². The fourth-order valence-electron chi connectivity index (χ4n) is 2.09. The zero-order chi connectivity index (χ0) is 15.3. The number of ether oxygens (including phenoxy) is 1. The van der Waals surface area contributed by atoms with Crippen LogP contribution >= 0.6 is 31.9 Å². The molecule has 0 amide bonds. The zero-order valence-corrected chi connectivity index (χ0v) is 15.3. The minimum atomic E-state index is -0.156. The van der Waals surface area contributed by atoms with Crippen molar-refractivity contribution in [1.82, 2.24) is 0 Å². The summed E-state index contributed by atoms with van der Waals surface area (Å²) in [6.07, 6.45) is 1.15. The van der Waals surface area contributed by atoms with Crippen molar-refractivity contribution in [2.45, 2.75) is 39.7 Å². The molecule has 0 spiro atoms. The highest BCUT2D eigenvalue weighted by molar-refractivity contribution is 9.11. The first kappa shape index (κ1) is 17.7. The molecule has 0 radical (unpaired) electrons. The molecule has 0 bridgehead atoms. The summed E-state index contributed by atoms with van der Waals surface area (Å²) >= 11 is 7.08. The molecule has 0 aromatic heterocycles. The molecule has 0 saturated carbocycles. The number of hydrogen-bond donors (Lipinski definition) is 1. The highest BCUT2D eigenvalue weighted by Gasteiger charge is 2.17. The topological polar surface area (TPSA) is 52.3 Å². The van der Waals surface area contributed by atoms with E-state index in [0.29, 0.717) is 13.0 Å². The van der Waals surface area contributed by atoms with Gasteiger partial charge in [0.25, 0.3) is 0 Å². The van der Waals surface area contributed by atoms with Crippen molar-refractivity contribution in [3.8, 4) is 0 Å². The second kappa shape index (κ2) is 8.15. The fraction of sp³-hybridized carbons (Fsp3) is 0.533. The molecule has 2 N–H and O–H groups in total. The third kappa shape index (κ3) is 5.19. The molecule has 1 rings (SSSR count). The Hall–Kier alpha value is -0.390. The van der Waals surface area contributed by atoms with Crippen molar-refractivity contribution in [3.05, 3.63) is 32.2 Å². The predicted molar refractivity (Wildman–Crippen MR) is 88.5 cm³/mol. The molecule has 3 nitrogen and oxygen atoms in total. The summed E-state index contributed by atoms with van der Waals surface area (Å²) in [6, 6.07) is 3.99. The van der Waals surface area contributed by atoms with E-state index in [4.69, 9.17) is 10.5 Å². The van der Waals surface area contributed by atoms with Gasteiger partial charge >= 0.3 is 5.97 Å². The number of rotatable bonds is 6. The summed E-state index contributed by atoms with van der Waals surface area (Å²) in [4.78, 5) is 11.5. The van der Waals surface area contributed by atoms with Gasteiger partial charge in [0.1, 0.15) is 0 Å². The summed E-state index contributed by atoms with van der Waals surface area (Å²) in [5.41, 5.74) is 8.48. The van der Waals surface area contributed by atoms with Gasteiger partial charge in [0.05, 0.1) is 6.61 Å². The number of nitrogens with two attached hydrogens (primary N) is 1. The Labute approximate surface area is 137 Å². The maximum atomic E-state index is 11.5.